The third-order valence-corrected chi connectivity index (χ3v) is 2.28. The molecule has 0 fully saturated rings. The van der Waals surface area contributed by atoms with Gasteiger partial charge < -0.3 is 0 Å². The lowest BCUT2D eigenvalue weighted by molar-refractivity contribution is -0.737. The molecule has 1 N–H and O–H groups in total. The van der Waals surface area contributed by atoms with Crippen molar-refractivity contribution in [2.75, 3.05) is 5.43 Å². The summed E-state index contributed by atoms with van der Waals surface area (Å²) >= 11 is 0. The van der Waals surface area contributed by atoms with E-state index in [-0.39, 0.29) is 5.91 Å². The Kier molecular flexibility index (Phi) is 2.63. The fraction of sp³-hybridized carbons (Fsp3) is 0.200. The van der Waals surface area contributed by atoms with Gasteiger partial charge in [-0.05, 0) is 12.1 Å². The van der Waals surface area contributed by atoms with Gasteiger partial charge in [-0.15, -0.1) is 4.68 Å². The second-order valence-electron chi connectivity index (χ2n) is 3.37. The van der Waals surface area contributed by atoms with Crippen LogP contribution in [-0.4, -0.2) is 21.1 Å². The summed E-state index contributed by atoms with van der Waals surface area (Å²) < 4.78 is 1.57. The van der Waals surface area contributed by atoms with Crippen LogP contribution in [0, 0.1) is 6.92 Å². The average Bonchev–Trinajstić information content (AvgIpc) is 2.62. The van der Waals surface area contributed by atoms with Crippen LogP contribution in [0.5, 0.6) is 0 Å². The highest BCUT2D eigenvalue weighted by atomic mass is 16.2. The van der Waals surface area contributed by atoms with Crippen molar-refractivity contribution in [3.05, 3.63) is 41.7 Å². The second kappa shape index (κ2) is 4.09. The number of hydrogen-bond acceptors (Lipinski definition) is 3. The summed E-state index contributed by atoms with van der Waals surface area (Å²) in [5.41, 5.74) is 3.21. The van der Waals surface area contributed by atoms with Gasteiger partial charge >= 0.3 is 0 Å². The molecule has 2 rings (SSSR count). The fourth-order valence-corrected chi connectivity index (χ4v) is 1.22. The average molecular weight is 218 g/mol. The van der Waals surface area contributed by atoms with Crippen LogP contribution in [-0.2, 0) is 7.05 Å². The van der Waals surface area contributed by atoms with Crippen LogP contribution >= 0.6 is 0 Å². The molecule has 0 aliphatic rings. The van der Waals surface area contributed by atoms with Crippen LogP contribution in [0.25, 0.3) is 0 Å². The van der Waals surface area contributed by atoms with Gasteiger partial charge in [-0.25, -0.2) is 0 Å². The molecule has 1 amide bonds. The second-order valence-corrected chi connectivity index (χ2v) is 3.37. The summed E-state index contributed by atoms with van der Waals surface area (Å²) in [7, 11) is 1.76. The molecule has 0 saturated carbocycles. The summed E-state index contributed by atoms with van der Waals surface area (Å²) in [4.78, 5) is 13.1. The van der Waals surface area contributed by atoms with Crippen molar-refractivity contribution < 1.29 is 9.48 Å². The minimum absolute atomic E-state index is 0.214. The number of amides is 1. The Hall–Kier alpha value is -2.24. The van der Waals surface area contributed by atoms with E-state index in [1.165, 1.54) is 4.79 Å². The Balaban J connectivity index is 2.17. The molecule has 0 unspecified atom stereocenters. The lowest BCUT2D eigenvalue weighted by Gasteiger charge is -1.98. The molecule has 0 aliphatic heterocycles. The number of rotatable bonds is 2. The van der Waals surface area contributed by atoms with Gasteiger partial charge in [0.05, 0.1) is 7.05 Å². The summed E-state index contributed by atoms with van der Waals surface area (Å²) in [5.74, 6) is 0.526. The molecule has 6 nitrogen and oxygen atoms in total. The zero-order valence-corrected chi connectivity index (χ0v) is 9.08. The van der Waals surface area contributed by atoms with E-state index in [9.17, 15) is 4.79 Å². The summed E-state index contributed by atoms with van der Waals surface area (Å²) in [6.07, 6.45) is 0. The molecule has 0 bridgehead atoms. The topological polar surface area (TPSA) is 63.7 Å². The zero-order valence-electron chi connectivity index (χ0n) is 9.08. The maximum absolute atomic E-state index is 11.8. The monoisotopic (exact) mass is 218 g/mol. The number of benzene rings is 1. The van der Waals surface area contributed by atoms with Crippen LogP contribution < -0.4 is 10.1 Å². The first-order valence-electron chi connectivity index (χ1n) is 4.83. The van der Waals surface area contributed by atoms with E-state index in [0.717, 1.165) is 5.82 Å². The minimum atomic E-state index is -0.214. The molecule has 0 aliphatic carbocycles. The van der Waals surface area contributed by atoms with Gasteiger partial charge in [0.1, 0.15) is 5.21 Å². The predicted molar refractivity (Wildman–Crippen MR) is 56.1 cm³/mol. The molecular formula is C10H12N5O+. The highest BCUT2D eigenvalue weighted by Gasteiger charge is 2.16. The van der Waals surface area contributed by atoms with Gasteiger partial charge in [0.15, 0.2) is 5.21 Å². The number of aryl methyl sites for hydroxylation is 1. The van der Waals surface area contributed by atoms with Crippen molar-refractivity contribution in [2.24, 2.45) is 7.05 Å². The summed E-state index contributed by atoms with van der Waals surface area (Å²) in [5, 5.41) is 7.56. The molecule has 1 aromatic carbocycles. The normalized spacial score (nSPS) is 10.1. The van der Waals surface area contributed by atoms with Gasteiger partial charge in [-0.2, -0.15) is 5.43 Å². The van der Waals surface area contributed by atoms with E-state index in [0.29, 0.717) is 5.56 Å². The third kappa shape index (κ3) is 1.90. The molecule has 16 heavy (non-hydrogen) atoms. The van der Waals surface area contributed by atoms with Gasteiger partial charge in [-0.1, -0.05) is 18.2 Å². The molecule has 0 atom stereocenters. The standard InChI is InChI=1S/C10H11N5O/c1-8-14(2)12-13-15(8)11-10(16)9-6-4-3-5-7-9/h3-7H,1-2H3/p+1. The molecule has 0 radical (unpaired) electrons. The van der Waals surface area contributed by atoms with Crippen LogP contribution in [0.1, 0.15) is 16.2 Å². The van der Waals surface area contributed by atoms with E-state index >= 15 is 0 Å². The van der Waals surface area contributed by atoms with Crippen molar-refractivity contribution in [3.8, 4) is 0 Å². The van der Waals surface area contributed by atoms with Crippen LogP contribution in [0.4, 0.5) is 0 Å². The van der Waals surface area contributed by atoms with E-state index in [1.807, 2.05) is 25.1 Å². The Labute approximate surface area is 92.5 Å². The van der Waals surface area contributed by atoms with E-state index in [4.69, 9.17) is 0 Å². The quantitative estimate of drug-likeness (QED) is 0.710. The number of carbonyl (C=O) groups is 1. The number of carbonyl (C=O) groups excluding carboxylic acids is 1. The largest absolute Gasteiger partial charge is 0.283 e. The molecule has 82 valence electrons. The summed E-state index contributed by atoms with van der Waals surface area (Å²) in [6, 6.07) is 8.95. The SMILES string of the molecule is Cc1n(NC(=O)c2ccccc2)nn[n+]1C. The minimum Gasteiger partial charge on any atom is -0.266 e. The fourth-order valence-electron chi connectivity index (χ4n) is 1.22. The molecule has 0 spiro atoms. The number of nitrogens with one attached hydrogen (secondary N) is 1. The zero-order chi connectivity index (χ0) is 11.5. The first-order chi connectivity index (χ1) is 7.68. The Morgan fingerprint density at radius 1 is 1.38 bits per heavy atom. The van der Waals surface area contributed by atoms with Gasteiger partial charge in [0.2, 0.25) is 0 Å². The number of nitrogens with zero attached hydrogens (tertiary/aromatic N) is 4. The molecule has 1 aromatic heterocycles. The first-order valence-corrected chi connectivity index (χ1v) is 4.83. The maximum Gasteiger partial charge on any atom is 0.283 e. The van der Waals surface area contributed by atoms with E-state index < -0.39 is 0 Å². The number of tetrazole rings is 1. The van der Waals surface area contributed by atoms with Crippen LogP contribution in [0.15, 0.2) is 30.3 Å². The number of aromatic nitrogens is 4. The van der Waals surface area contributed by atoms with Gasteiger partial charge in [0, 0.05) is 17.3 Å². The molecule has 1 heterocycles. The lowest BCUT2D eigenvalue weighted by atomic mass is 10.2. The highest BCUT2D eigenvalue weighted by Crippen LogP contribution is 1.98. The Morgan fingerprint density at radius 3 is 2.62 bits per heavy atom. The van der Waals surface area contributed by atoms with Crippen molar-refractivity contribution >= 4 is 5.91 Å². The van der Waals surface area contributed by atoms with Gasteiger partial charge in [0.25, 0.3) is 11.7 Å². The van der Waals surface area contributed by atoms with Crippen molar-refractivity contribution in [1.82, 2.24) is 15.2 Å². The third-order valence-electron chi connectivity index (χ3n) is 2.28. The smallest absolute Gasteiger partial charge is 0.266 e. The van der Waals surface area contributed by atoms with E-state index in [1.54, 1.807) is 23.9 Å². The maximum atomic E-state index is 11.8. The van der Waals surface area contributed by atoms with Crippen LogP contribution in [0.2, 0.25) is 0 Å². The van der Waals surface area contributed by atoms with Crippen molar-refractivity contribution in [1.29, 1.82) is 0 Å². The van der Waals surface area contributed by atoms with Crippen LogP contribution in [0.3, 0.4) is 0 Å². The lowest BCUT2D eigenvalue weighted by Crippen LogP contribution is -2.35. The predicted octanol–water partition coefficient (Wildman–Crippen LogP) is -0.205. The van der Waals surface area contributed by atoms with Crippen molar-refractivity contribution in [3.63, 3.8) is 0 Å². The van der Waals surface area contributed by atoms with Crippen molar-refractivity contribution in [2.45, 2.75) is 6.92 Å². The first kappa shape index (κ1) is 10.3. The highest BCUT2D eigenvalue weighted by molar-refractivity contribution is 5.99. The summed E-state index contributed by atoms with van der Waals surface area (Å²) in [6.45, 7) is 1.81. The van der Waals surface area contributed by atoms with E-state index in [2.05, 4.69) is 15.9 Å². The molecular weight excluding hydrogens is 206 g/mol. The molecule has 0 saturated heterocycles. The Bertz CT molecular complexity index is 505. The number of hydrogen-bond donors (Lipinski definition) is 1. The Morgan fingerprint density at radius 2 is 2.06 bits per heavy atom. The molecule has 2 aromatic rings. The molecule has 6 heteroatoms. The van der Waals surface area contributed by atoms with Gasteiger partial charge in [-0.3, -0.25) is 4.79 Å².